The van der Waals surface area contributed by atoms with Gasteiger partial charge in [-0.05, 0) is 18.3 Å². The Hall–Kier alpha value is -0.340. The van der Waals surface area contributed by atoms with Crippen molar-refractivity contribution in [2.75, 3.05) is 0 Å². The fraction of sp³-hybridized carbons (Fsp3) is 1.00. The van der Waals surface area contributed by atoms with Crippen LogP contribution < -0.4 is 0 Å². The molecule has 1 aliphatic rings. The Bertz CT molecular complexity index is 405. The van der Waals surface area contributed by atoms with Gasteiger partial charge in [0.25, 0.3) is 0 Å². The third kappa shape index (κ3) is 3.41. The Morgan fingerprint density at radius 3 is 2.05 bits per heavy atom. The van der Waals surface area contributed by atoms with E-state index in [0.717, 1.165) is 0 Å². The molecule has 8 heteroatoms. The largest absolute Gasteiger partial charge is 0.523 e. The predicted octanol–water partition coefficient (Wildman–Crippen LogP) is 2.90. The van der Waals surface area contributed by atoms with Gasteiger partial charge in [0.2, 0.25) is 0 Å². The summed E-state index contributed by atoms with van der Waals surface area (Å²) in [7, 11) is -5.63. The van der Waals surface area contributed by atoms with Crippen LogP contribution in [0.2, 0.25) is 0 Å². The van der Waals surface area contributed by atoms with E-state index in [9.17, 15) is 21.6 Å². The van der Waals surface area contributed by atoms with E-state index in [2.05, 4.69) is 4.18 Å². The average molecular weight is 304 g/mol. The third-order valence-electron chi connectivity index (χ3n) is 3.89. The van der Waals surface area contributed by atoms with E-state index in [4.69, 9.17) is 4.74 Å². The van der Waals surface area contributed by atoms with Crippen LogP contribution in [0.25, 0.3) is 0 Å². The van der Waals surface area contributed by atoms with Gasteiger partial charge in [-0.3, -0.25) is 0 Å². The van der Waals surface area contributed by atoms with Crippen molar-refractivity contribution >= 4 is 10.1 Å². The molecular weight excluding hydrogens is 285 g/mol. The summed E-state index contributed by atoms with van der Waals surface area (Å²) in [5.41, 5.74) is -5.43. The highest BCUT2D eigenvalue weighted by molar-refractivity contribution is 7.87. The zero-order valence-electron chi connectivity index (χ0n) is 11.3. The second-order valence-electron chi connectivity index (χ2n) is 5.02. The Morgan fingerprint density at radius 2 is 1.63 bits per heavy atom. The molecule has 0 aromatic rings. The summed E-state index contributed by atoms with van der Waals surface area (Å²) < 4.78 is 68.5. The first-order valence-electron chi connectivity index (χ1n) is 6.16. The summed E-state index contributed by atoms with van der Waals surface area (Å²) in [5.74, 6) is -0.296. The lowest BCUT2D eigenvalue weighted by molar-refractivity contribution is -0.214. The number of ether oxygens (including phenoxy) is 1. The summed E-state index contributed by atoms with van der Waals surface area (Å²) in [5, 5.41) is 0. The highest BCUT2D eigenvalue weighted by atomic mass is 32.2. The van der Waals surface area contributed by atoms with Crippen LogP contribution in [-0.2, 0) is 19.0 Å². The molecule has 1 heterocycles. The fourth-order valence-corrected chi connectivity index (χ4v) is 2.82. The SMILES string of the molecule is CCC1O[C@H](OS(=O)(=O)C(F)(F)F)C(C)[C@@H](C)[C@@H]1C. The standard InChI is InChI=1S/C11H19F3O4S/c1-5-9-7(3)6(2)8(4)10(17-9)18-19(15,16)11(12,13)14/h6-10H,5H2,1-4H3/t6-,7-,8?,9?,10+/m0/s1. The number of hydrogen-bond donors (Lipinski definition) is 0. The summed E-state index contributed by atoms with van der Waals surface area (Å²) >= 11 is 0. The summed E-state index contributed by atoms with van der Waals surface area (Å²) in [6.45, 7) is 7.25. The smallest absolute Gasteiger partial charge is 0.348 e. The van der Waals surface area contributed by atoms with Crippen LogP contribution in [0.1, 0.15) is 34.1 Å². The summed E-state index contributed by atoms with van der Waals surface area (Å²) in [6.07, 6.45) is -1.10. The third-order valence-corrected chi connectivity index (χ3v) is 4.90. The highest BCUT2D eigenvalue weighted by Crippen LogP contribution is 2.38. The van der Waals surface area contributed by atoms with Crippen LogP contribution in [0.15, 0.2) is 0 Å². The van der Waals surface area contributed by atoms with Crippen molar-refractivity contribution in [2.45, 2.75) is 52.0 Å². The molecule has 4 nitrogen and oxygen atoms in total. The Labute approximate surface area is 111 Å². The minimum Gasteiger partial charge on any atom is -0.348 e. The molecule has 0 aromatic heterocycles. The molecule has 0 radical (unpaired) electrons. The van der Waals surface area contributed by atoms with E-state index >= 15 is 0 Å². The van der Waals surface area contributed by atoms with Crippen molar-refractivity contribution < 1.29 is 30.5 Å². The first-order valence-corrected chi connectivity index (χ1v) is 7.57. The molecule has 2 unspecified atom stereocenters. The van der Waals surface area contributed by atoms with Gasteiger partial charge < -0.3 is 4.74 Å². The molecule has 5 atom stereocenters. The molecular formula is C11H19F3O4S. The Balaban J connectivity index is 2.89. The molecule has 1 aliphatic heterocycles. The van der Waals surface area contributed by atoms with Gasteiger partial charge in [0, 0.05) is 5.92 Å². The molecule has 0 amide bonds. The van der Waals surface area contributed by atoms with Gasteiger partial charge in [0.05, 0.1) is 6.10 Å². The molecule has 0 spiro atoms. The van der Waals surface area contributed by atoms with E-state index in [1.165, 1.54) is 0 Å². The zero-order chi connectivity index (χ0) is 15.0. The van der Waals surface area contributed by atoms with Crippen LogP contribution >= 0.6 is 0 Å². The topological polar surface area (TPSA) is 52.6 Å². The summed E-state index contributed by atoms with van der Waals surface area (Å²) in [6, 6.07) is 0. The van der Waals surface area contributed by atoms with Crippen molar-refractivity contribution in [1.29, 1.82) is 0 Å². The van der Waals surface area contributed by atoms with E-state index in [-0.39, 0.29) is 17.9 Å². The number of halogens is 3. The molecule has 0 aromatic carbocycles. The van der Waals surface area contributed by atoms with Crippen molar-refractivity contribution in [2.24, 2.45) is 17.8 Å². The average Bonchev–Trinajstić information content (AvgIpc) is 2.28. The van der Waals surface area contributed by atoms with Crippen molar-refractivity contribution in [1.82, 2.24) is 0 Å². The minimum absolute atomic E-state index is 0.00661. The summed E-state index contributed by atoms with van der Waals surface area (Å²) in [4.78, 5) is 0. The lowest BCUT2D eigenvalue weighted by atomic mass is 9.78. The van der Waals surface area contributed by atoms with Crippen molar-refractivity contribution in [3.63, 3.8) is 0 Å². The molecule has 1 rings (SSSR count). The van der Waals surface area contributed by atoms with Crippen LogP contribution in [-0.4, -0.2) is 26.3 Å². The first-order chi connectivity index (χ1) is 8.51. The van der Waals surface area contributed by atoms with Gasteiger partial charge >= 0.3 is 15.6 Å². The van der Waals surface area contributed by atoms with E-state index in [1.807, 2.05) is 20.8 Å². The van der Waals surface area contributed by atoms with Gasteiger partial charge in [-0.2, -0.15) is 21.6 Å². The maximum atomic E-state index is 12.3. The first kappa shape index (κ1) is 16.7. The second kappa shape index (κ2) is 5.57. The van der Waals surface area contributed by atoms with E-state index < -0.39 is 27.8 Å². The van der Waals surface area contributed by atoms with Crippen molar-refractivity contribution in [3.8, 4) is 0 Å². The number of alkyl halides is 3. The molecule has 0 saturated carbocycles. The van der Waals surface area contributed by atoms with E-state index in [0.29, 0.717) is 6.42 Å². The Kier molecular flexibility index (Phi) is 4.90. The lowest BCUT2D eigenvalue weighted by Crippen LogP contribution is -2.47. The van der Waals surface area contributed by atoms with Crippen LogP contribution in [0.4, 0.5) is 13.2 Å². The second-order valence-corrected chi connectivity index (χ2v) is 6.59. The van der Waals surface area contributed by atoms with Gasteiger partial charge in [0.15, 0.2) is 6.29 Å². The molecule has 1 saturated heterocycles. The monoisotopic (exact) mass is 304 g/mol. The van der Waals surface area contributed by atoms with Gasteiger partial charge in [-0.25, -0.2) is 4.18 Å². The maximum Gasteiger partial charge on any atom is 0.523 e. The van der Waals surface area contributed by atoms with Crippen LogP contribution in [0.3, 0.4) is 0 Å². The molecule has 0 N–H and O–H groups in total. The quantitative estimate of drug-likeness (QED) is 0.594. The van der Waals surface area contributed by atoms with Gasteiger partial charge in [-0.15, -0.1) is 0 Å². The van der Waals surface area contributed by atoms with Crippen molar-refractivity contribution in [3.05, 3.63) is 0 Å². The minimum atomic E-state index is -5.63. The number of rotatable bonds is 3. The van der Waals surface area contributed by atoms with Gasteiger partial charge in [0.1, 0.15) is 0 Å². The fourth-order valence-electron chi connectivity index (χ4n) is 2.24. The molecule has 0 aliphatic carbocycles. The zero-order valence-corrected chi connectivity index (χ0v) is 12.1. The molecule has 114 valence electrons. The van der Waals surface area contributed by atoms with Crippen LogP contribution in [0.5, 0.6) is 0 Å². The molecule has 1 fully saturated rings. The van der Waals surface area contributed by atoms with Crippen LogP contribution in [0, 0.1) is 17.8 Å². The highest BCUT2D eigenvalue weighted by Gasteiger charge is 2.51. The Morgan fingerprint density at radius 1 is 1.11 bits per heavy atom. The molecule has 19 heavy (non-hydrogen) atoms. The maximum absolute atomic E-state index is 12.3. The lowest BCUT2D eigenvalue weighted by Gasteiger charge is -2.42. The predicted molar refractivity (Wildman–Crippen MR) is 62.5 cm³/mol. The molecule has 0 bridgehead atoms. The van der Waals surface area contributed by atoms with E-state index in [1.54, 1.807) is 6.92 Å². The number of hydrogen-bond acceptors (Lipinski definition) is 4. The normalized spacial score (nSPS) is 37.3. The van der Waals surface area contributed by atoms with Gasteiger partial charge in [-0.1, -0.05) is 27.7 Å².